The van der Waals surface area contributed by atoms with Crippen molar-refractivity contribution < 1.29 is 4.79 Å². The van der Waals surface area contributed by atoms with Gasteiger partial charge in [-0.05, 0) is 42.3 Å². The third-order valence-electron chi connectivity index (χ3n) is 3.22. The number of carbonyl (C=O) groups is 1. The Balaban J connectivity index is 2.19. The van der Waals surface area contributed by atoms with Crippen molar-refractivity contribution in [3.8, 4) is 0 Å². The minimum atomic E-state index is -0.0945. The van der Waals surface area contributed by atoms with Crippen molar-refractivity contribution in [1.82, 2.24) is 4.90 Å². The summed E-state index contributed by atoms with van der Waals surface area (Å²) in [5.41, 5.74) is 5.77. The van der Waals surface area contributed by atoms with E-state index in [-0.39, 0.29) is 5.91 Å². The maximum absolute atomic E-state index is 12.5. The van der Waals surface area contributed by atoms with Crippen LogP contribution in [0.25, 0.3) is 0 Å². The van der Waals surface area contributed by atoms with Crippen LogP contribution in [0.5, 0.6) is 0 Å². The van der Waals surface area contributed by atoms with E-state index in [1.807, 2.05) is 43.3 Å². The summed E-state index contributed by atoms with van der Waals surface area (Å²) in [5.74, 6) is 5.40. The van der Waals surface area contributed by atoms with Gasteiger partial charge in [0.15, 0.2) is 0 Å². The maximum Gasteiger partial charge on any atom is 0.256 e. The monoisotopic (exact) mass is 303 g/mol. The fourth-order valence-electron chi connectivity index (χ4n) is 2.15. The molecule has 5 heteroatoms. The third-order valence-corrected chi connectivity index (χ3v) is 3.45. The molecule has 0 saturated carbocycles. The van der Waals surface area contributed by atoms with E-state index < -0.39 is 0 Å². The molecule has 1 amide bonds. The molecule has 0 saturated heterocycles. The van der Waals surface area contributed by atoms with Crippen molar-refractivity contribution in [1.29, 1.82) is 0 Å². The highest BCUT2D eigenvalue weighted by Crippen LogP contribution is 2.19. The van der Waals surface area contributed by atoms with Crippen LogP contribution >= 0.6 is 11.6 Å². The highest BCUT2D eigenvalue weighted by atomic mass is 35.5. The first-order valence-electron chi connectivity index (χ1n) is 6.58. The second kappa shape index (κ2) is 6.61. The lowest BCUT2D eigenvalue weighted by atomic mass is 10.1. The van der Waals surface area contributed by atoms with E-state index in [4.69, 9.17) is 17.4 Å². The second-order valence-corrected chi connectivity index (χ2v) is 5.42. The molecule has 2 aromatic carbocycles. The van der Waals surface area contributed by atoms with E-state index >= 15 is 0 Å². The first-order valence-corrected chi connectivity index (χ1v) is 6.96. The lowest BCUT2D eigenvalue weighted by Crippen LogP contribution is -2.27. The van der Waals surface area contributed by atoms with E-state index in [9.17, 15) is 4.79 Å². The highest BCUT2D eigenvalue weighted by molar-refractivity contribution is 6.30. The van der Waals surface area contributed by atoms with Crippen LogP contribution in [0, 0.1) is 6.92 Å². The summed E-state index contributed by atoms with van der Waals surface area (Å²) < 4.78 is 0. The minimum Gasteiger partial charge on any atom is -0.337 e. The predicted octanol–water partition coefficient (Wildman–Crippen LogP) is 3.21. The number of nitrogens with two attached hydrogens (primary N) is 1. The van der Waals surface area contributed by atoms with Crippen molar-refractivity contribution in [3.05, 3.63) is 64.2 Å². The molecule has 2 aromatic rings. The van der Waals surface area contributed by atoms with Gasteiger partial charge in [-0.25, -0.2) is 0 Å². The first kappa shape index (κ1) is 15.4. The number of hydrazine groups is 1. The van der Waals surface area contributed by atoms with Gasteiger partial charge in [0.1, 0.15) is 0 Å². The number of nitrogens with one attached hydrogen (secondary N) is 1. The lowest BCUT2D eigenvalue weighted by molar-refractivity contribution is 0.0786. The van der Waals surface area contributed by atoms with E-state index in [1.165, 1.54) is 0 Å². The molecule has 21 heavy (non-hydrogen) atoms. The molecule has 110 valence electrons. The summed E-state index contributed by atoms with van der Waals surface area (Å²) in [4.78, 5) is 14.2. The van der Waals surface area contributed by atoms with E-state index in [0.717, 1.165) is 11.1 Å². The molecule has 2 rings (SSSR count). The van der Waals surface area contributed by atoms with Crippen LogP contribution in [0.15, 0.2) is 42.5 Å². The molecule has 4 nitrogen and oxygen atoms in total. The van der Waals surface area contributed by atoms with Gasteiger partial charge in [-0.1, -0.05) is 29.8 Å². The Labute approximate surface area is 129 Å². The Morgan fingerprint density at radius 2 is 2.05 bits per heavy atom. The zero-order valence-electron chi connectivity index (χ0n) is 12.1. The smallest absolute Gasteiger partial charge is 0.256 e. The Morgan fingerprint density at radius 3 is 2.71 bits per heavy atom. The summed E-state index contributed by atoms with van der Waals surface area (Å²) in [6.07, 6.45) is 0. The summed E-state index contributed by atoms with van der Waals surface area (Å²) in [5, 5.41) is 0.660. The fourth-order valence-corrected chi connectivity index (χ4v) is 2.36. The molecule has 0 aliphatic rings. The Bertz CT molecular complexity index is 658. The number of carbonyl (C=O) groups excluding carboxylic acids is 1. The molecule has 0 bridgehead atoms. The largest absolute Gasteiger partial charge is 0.337 e. The number of nitrogens with zero attached hydrogens (tertiary/aromatic N) is 1. The quantitative estimate of drug-likeness (QED) is 0.673. The van der Waals surface area contributed by atoms with E-state index in [0.29, 0.717) is 22.8 Å². The number of hydrogen-bond donors (Lipinski definition) is 2. The number of amides is 1. The molecular weight excluding hydrogens is 286 g/mol. The fraction of sp³-hybridized carbons (Fsp3) is 0.188. The van der Waals surface area contributed by atoms with E-state index in [2.05, 4.69) is 5.43 Å². The number of benzene rings is 2. The van der Waals surface area contributed by atoms with Gasteiger partial charge in [0.2, 0.25) is 0 Å². The van der Waals surface area contributed by atoms with Gasteiger partial charge in [0, 0.05) is 18.6 Å². The molecule has 0 aliphatic carbocycles. The van der Waals surface area contributed by atoms with Gasteiger partial charge in [0.25, 0.3) is 5.91 Å². The molecule has 0 aromatic heterocycles. The Morgan fingerprint density at radius 1 is 1.29 bits per heavy atom. The number of nitrogen functional groups attached to an aromatic ring is 1. The van der Waals surface area contributed by atoms with Crippen LogP contribution in [-0.4, -0.2) is 17.9 Å². The number of hydrogen-bond acceptors (Lipinski definition) is 3. The molecule has 0 aliphatic heterocycles. The second-order valence-electron chi connectivity index (χ2n) is 4.98. The standard InChI is InChI=1S/C16H18ClN3O/c1-11-6-7-14(15(8-11)19-18)16(21)20(2)10-12-4-3-5-13(17)9-12/h3-9,19H,10,18H2,1-2H3. The van der Waals surface area contributed by atoms with Gasteiger partial charge in [-0.3, -0.25) is 10.6 Å². The van der Waals surface area contributed by atoms with Crippen molar-refractivity contribution in [2.75, 3.05) is 12.5 Å². The summed E-state index contributed by atoms with van der Waals surface area (Å²) in [7, 11) is 1.75. The van der Waals surface area contributed by atoms with Crippen LogP contribution < -0.4 is 11.3 Å². The van der Waals surface area contributed by atoms with Crippen molar-refractivity contribution in [2.24, 2.45) is 5.84 Å². The predicted molar refractivity (Wildman–Crippen MR) is 86.2 cm³/mol. The molecule has 0 spiro atoms. The van der Waals surface area contributed by atoms with Crippen molar-refractivity contribution >= 4 is 23.2 Å². The number of anilines is 1. The Kier molecular flexibility index (Phi) is 4.83. The maximum atomic E-state index is 12.5. The molecule has 3 N–H and O–H groups in total. The minimum absolute atomic E-state index is 0.0945. The van der Waals surface area contributed by atoms with Gasteiger partial charge in [-0.2, -0.15) is 0 Å². The van der Waals surface area contributed by atoms with Gasteiger partial charge >= 0.3 is 0 Å². The molecule has 0 atom stereocenters. The molecule has 0 heterocycles. The van der Waals surface area contributed by atoms with Crippen LogP contribution in [0.1, 0.15) is 21.5 Å². The molecular formula is C16H18ClN3O. The van der Waals surface area contributed by atoms with Crippen molar-refractivity contribution in [3.63, 3.8) is 0 Å². The zero-order chi connectivity index (χ0) is 15.4. The average molecular weight is 304 g/mol. The average Bonchev–Trinajstić information content (AvgIpc) is 2.46. The molecule has 0 unspecified atom stereocenters. The lowest BCUT2D eigenvalue weighted by Gasteiger charge is -2.19. The highest BCUT2D eigenvalue weighted by Gasteiger charge is 2.16. The number of halogens is 1. The van der Waals surface area contributed by atoms with Crippen molar-refractivity contribution in [2.45, 2.75) is 13.5 Å². The van der Waals surface area contributed by atoms with Crippen LogP contribution in [0.2, 0.25) is 5.02 Å². The molecule has 0 radical (unpaired) electrons. The van der Waals surface area contributed by atoms with Gasteiger partial charge in [0.05, 0.1) is 11.3 Å². The first-order chi connectivity index (χ1) is 10.0. The topological polar surface area (TPSA) is 58.4 Å². The van der Waals surface area contributed by atoms with Crippen LogP contribution in [0.4, 0.5) is 5.69 Å². The number of aryl methyl sites for hydroxylation is 1. The zero-order valence-corrected chi connectivity index (χ0v) is 12.8. The summed E-state index contributed by atoms with van der Waals surface area (Å²) >= 11 is 5.96. The van der Waals surface area contributed by atoms with Gasteiger partial charge in [-0.15, -0.1) is 0 Å². The van der Waals surface area contributed by atoms with Gasteiger partial charge < -0.3 is 10.3 Å². The van der Waals surface area contributed by atoms with E-state index in [1.54, 1.807) is 18.0 Å². The normalized spacial score (nSPS) is 10.3. The van der Waals surface area contributed by atoms with Crippen LogP contribution in [0.3, 0.4) is 0 Å². The SMILES string of the molecule is Cc1ccc(C(=O)N(C)Cc2cccc(Cl)c2)c(NN)c1. The summed E-state index contributed by atoms with van der Waals surface area (Å²) in [6, 6.07) is 13.0. The number of rotatable bonds is 4. The summed E-state index contributed by atoms with van der Waals surface area (Å²) in [6.45, 7) is 2.43. The molecule has 0 fully saturated rings. The third kappa shape index (κ3) is 3.74. The van der Waals surface area contributed by atoms with Crippen LogP contribution in [-0.2, 0) is 6.54 Å². The Hall–Kier alpha value is -2.04.